The molecular formula is C20H28FN3O3. The molecule has 6 nitrogen and oxygen atoms in total. The van der Waals surface area contributed by atoms with E-state index in [1.807, 2.05) is 6.92 Å². The Morgan fingerprint density at radius 1 is 1.44 bits per heavy atom. The summed E-state index contributed by atoms with van der Waals surface area (Å²) in [5, 5.41) is 3.41. The number of carbonyl (C=O) groups excluding carboxylic acids is 2. The van der Waals surface area contributed by atoms with Crippen molar-refractivity contribution in [2.24, 2.45) is 5.92 Å². The SMILES string of the molecule is CCC(=O)N(C)C(=O)C1CCNCC1(c1ccc(F)cc1C)N1CCOC1. The third-order valence-electron chi connectivity index (χ3n) is 5.86. The van der Waals surface area contributed by atoms with E-state index in [1.54, 1.807) is 20.0 Å². The Kier molecular flexibility index (Phi) is 5.93. The number of carbonyl (C=O) groups is 2. The minimum atomic E-state index is -0.675. The van der Waals surface area contributed by atoms with Crippen molar-refractivity contribution in [1.29, 1.82) is 0 Å². The summed E-state index contributed by atoms with van der Waals surface area (Å²) in [5.74, 6) is -1.08. The summed E-state index contributed by atoms with van der Waals surface area (Å²) in [6, 6.07) is 4.72. The van der Waals surface area contributed by atoms with Crippen LogP contribution >= 0.6 is 0 Å². The fourth-order valence-corrected chi connectivity index (χ4v) is 4.44. The third kappa shape index (κ3) is 3.51. The minimum absolute atomic E-state index is 0.182. The molecule has 1 N–H and O–H groups in total. The molecule has 0 radical (unpaired) electrons. The molecule has 2 saturated heterocycles. The maximum atomic E-state index is 13.8. The van der Waals surface area contributed by atoms with Crippen molar-refractivity contribution < 1.29 is 18.7 Å². The maximum Gasteiger partial charge on any atom is 0.234 e. The number of amides is 2. The lowest BCUT2D eigenvalue weighted by atomic mass is 9.70. The van der Waals surface area contributed by atoms with Crippen molar-refractivity contribution in [2.45, 2.75) is 32.2 Å². The molecular weight excluding hydrogens is 349 g/mol. The van der Waals surface area contributed by atoms with Gasteiger partial charge in [-0.25, -0.2) is 4.39 Å². The highest BCUT2D eigenvalue weighted by Crippen LogP contribution is 2.43. The lowest BCUT2D eigenvalue weighted by Crippen LogP contribution is -2.63. The highest BCUT2D eigenvalue weighted by Gasteiger charge is 2.52. The Labute approximate surface area is 159 Å². The van der Waals surface area contributed by atoms with Crippen LogP contribution in [0.5, 0.6) is 0 Å². The summed E-state index contributed by atoms with van der Waals surface area (Å²) in [6.07, 6.45) is 0.885. The summed E-state index contributed by atoms with van der Waals surface area (Å²) in [4.78, 5) is 28.9. The first-order chi connectivity index (χ1) is 12.9. The second-order valence-corrected chi connectivity index (χ2v) is 7.35. The Morgan fingerprint density at radius 3 is 2.85 bits per heavy atom. The van der Waals surface area contributed by atoms with Gasteiger partial charge in [-0.15, -0.1) is 0 Å². The molecule has 2 amide bonds. The average Bonchev–Trinajstić information content (AvgIpc) is 3.21. The van der Waals surface area contributed by atoms with Crippen LogP contribution in [-0.2, 0) is 19.9 Å². The van der Waals surface area contributed by atoms with Crippen LogP contribution in [0.1, 0.15) is 30.9 Å². The van der Waals surface area contributed by atoms with Gasteiger partial charge < -0.3 is 10.1 Å². The van der Waals surface area contributed by atoms with Crippen molar-refractivity contribution in [2.75, 3.05) is 40.0 Å². The molecule has 2 aliphatic heterocycles. The van der Waals surface area contributed by atoms with Crippen LogP contribution in [0.4, 0.5) is 4.39 Å². The molecule has 0 bridgehead atoms. The summed E-state index contributed by atoms with van der Waals surface area (Å²) in [7, 11) is 1.55. The number of halogens is 1. The number of aryl methyl sites for hydroxylation is 1. The van der Waals surface area contributed by atoms with Crippen LogP contribution in [0.2, 0.25) is 0 Å². The largest absolute Gasteiger partial charge is 0.365 e. The zero-order chi connectivity index (χ0) is 19.6. The molecule has 27 heavy (non-hydrogen) atoms. The number of nitrogens with zero attached hydrogens (tertiary/aromatic N) is 2. The average molecular weight is 377 g/mol. The van der Waals surface area contributed by atoms with E-state index in [0.717, 1.165) is 11.1 Å². The first-order valence-electron chi connectivity index (χ1n) is 9.52. The minimum Gasteiger partial charge on any atom is -0.365 e. The van der Waals surface area contributed by atoms with Crippen molar-refractivity contribution in [1.82, 2.24) is 15.1 Å². The lowest BCUT2D eigenvalue weighted by molar-refractivity contribution is -0.151. The molecule has 2 atom stereocenters. The second-order valence-electron chi connectivity index (χ2n) is 7.35. The van der Waals surface area contributed by atoms with Crippen LogP contribution in [-0.4, -0.2) is 61.6 Å². The van der Waals surface area contributed by atoms with Gasteiger partial charge in [0.25, 0.3) is 0 Å². The van der Waals surface area contributed by atoms with Crippen LogP contribution < -0.4 is 5.32 Å². The number of ether oxygens (including phenoxy) is 1. The molecule has 0 aromatic heterocycles. The van der Waals surface area contributed by atoms with Gasteiger partial charge in [-0.05, 0) is 43.1 Å². The Balaban J connectivity index is 2.11. The molecule has 2 unspecified atom stereocenters. The fraction of sp³-hybridized carbons (Fsp3) is 0.600. The molecule has 3 rings (SSSR count). The van der Waals surface area contributed by atoms with E-state index < -0.39 is 11.5 Å². The smallest absolute Gasteiger partial charge is 0.234 e. The van der Waals surface area contributed by atoms with E-state index in [-0.39, 0.29) is 24.1 Å². The van der Waals surface area contributed by atoms with E-state index >= 15 is 0 Å². The molecule has 2 aliphatic rings. The van der Waals surface area contributed by atoms with Crippen LogP contribution in [0.3, 0.4) is 0 Å². The van der Waals surface area contributed by atoms with Crippen molar-refractivity contribution >= 4 is 11.8 Å². The monoisotopic (exact) mass is 377 g/mol. The van der Waals surface area contributed by atoms with Gasteiger partial charge in [0.2, 0.25) is 11.8 Å². The summed E-state index contributed by atoms with van der Waals surface area (Å²) in [6.45, 7) is 6.55. The highest BCUT2D eigenvalue weighted by atomic mass is 19.1. The number of rotatable bonds is 4. The third-order valence-corrected chi connectivity index (χ3v) is 5.86. The van der Waals surface area contributed by atoms with Gasteiger partial charge in [0, 0.05) is 26.6 Å². The number of hydrogen-bond donors (Lipinski definition) is 1. The summed E-state index contributed by atoms with van der Waals surface area (Å²) in [5.41, 5.74) is 1.04. The van der Waals surface area contributed by atoms with Crippen molar-refractivity contribution in [3.8, 4) is 0 Å². The molecule has 0 spiro atoms. The highest BCUT2D eigenvalue weighted by molar-refractivity contribution is 5.96. The number of benzene rings is 1. The predicted molar refractivity (Wildman–Crippen MR) is 99.4 cm³/mol. The summed E-state index contributed by atoms with van der Waals surface area (Å²) >= 11 is 0. The maximum absolute atomic E-state index is 13.8. The van der Waals surface area contributed by atoms with Gasteiger partial charge in [0.1, 0.15) is 5.82 Å². The van der Waals surface area contributed by atoms with Gasteiger partial charge in [-0.3, -0.25) is 19.4 Å². The van der Waals surface area contributed by atoms with Crippen LogP contribution in [0.25, 0.3) is 0 Å². The van der Waals surface area contributed by atoms with E-state index in [4.69, 9.17) is 4.74 Å². The zero-order valence-corrected chi connectivity index (χ0v) is 16.3. The number of imide groups is 1. The van der Waals surface area contributed by atoms with E-state index in [2.05, 4.69) is 10.2 Å². The van der Waals surface area contributed by atoms with Crippen LogP contribution in [0.15, 0.2) is 18.2 Å². The van der Waals surface area contributed by atoms with Gasteiger partial charge in [-0.1, -0.05) is 13.0 Å². The Hall–Kier alpha value is -1.83. The van der Waals surface area contributed by atoms with Gasteiger partial charge >= 0.3 is 0 Å². The first-order valence-corrected chi connectivity index (χ1v) is 9.52. The zero-order valence-electron chi connectivity index (χ0n) is 16.3. The molecule has 0 aliphatic carbocycles. The lowest BCUT2D eigenvalue weighted by Gasteiger charge is -2.50. The first kappa shape index (κ1) is 19.9. The Bertz CT molecular complexity index is 720. The van der Waals surface area contributed by atoms with Gasteiger partial charge in [0.15, 0.2) is 0 Å². The normalized spacial score (nSPS) is 26.1. The Morgan fingerprint density at radius 2 is 2.22 bits per heavy atom. The molecule has 0 saturated carbocycles. The molecule has 7 heteroatoms. The van der Waals surface area contributed by atoms with E-state index in [9.17, 15) is 14.0 Å². The molecule has 1 aromatic carbocycles. The predicted octanol–water partition coefficient (Wildman–Crippen LogP) is 1.62. The van der Waals surface area contributed by atoms with E-state index in [0.29, 0.717) is 39.4 Å². The molecule has 148 valence electrons. The van der Waals surface area contributed by atoms with E-state index in [1.165, 1.54) is 17.0 Å². The standard InChI is InChI=1S/C20H28FN3O3/c1-4-18(25)23(3)19(26)17-7-8-22-12-20(17,24-9-10-27-13-24)16-6-5-15(21)11-14(16)2/h5-6,11,17,22H,4,7-10,12-13H2,1-3H3. The second kappa shape index (κ2) is 8.04. The number of hydrogen-bond acceptors (Lipinski definition) is 5. The topological polar surface area (TPSA) is 61.9 Å². The van der Waals surface area contributed by atoms with Crippen molar-refractivity contribution in [3.63, 3.8) is 0 Å². The summed E-state index contributed by atoms with van der Waals surface area (Å²) < 4.78 is 19.4. The molecule has 2 heterocycles. The number of piperidine rings is 1. The quantitative estimate of drug-likeness (QED) is 0.864. The van der Waals surface area contributed by atoms with Crippen LogP contribution in [0, 0.1) is 18.7 Å². The number of nitrogens with one attached hydrogen (secondary N) is 1. The van der Waals surface area contributed by atoms with Gasteiger partial charge in [0.05, 0.1) is 24.8 Å². The van der Waals surface area contributed by atoms with Gasteiger partial charge in [-0.2, -0.15) is 0 Å². The molecule has 2 fully saturated rings. The fourth-order valence-electron chi connectivity index (χ4n) is 4.44. The molecule has 1 aromatic rings. The van der Waals surface area contributed by atoms with Crippen molar-refractivity contribution in [3.05, 3.63) is 35.1 Å².